The fourth-order valence-electron chi connectivity index (χ4n) is 5.16. The van der Waals surface area contributed by atoms with Gasteiger partial charge in [-0.2, -0.15) is 0 Å². The monoisotopic (exact) mass is 424 g/mol. The van der Waals surface area contributed by atoms with Crippen molar-refractivity contribution in [3.63, 3.8) is 0 Å². The minimum atomic E-state index is 0.373. The van der Waals surface area contributed by atoms with Crippen molar-refractivity contribution in [3.05, 3.63) is 0 Å². The first-order valence-corrected chi connectivity index (χ1v) is 12.7. The Morgan fingerprint density at radius 2 is 1.40 bits per heavy atom. The first-order chi connectivity index (χ1) is 14.5. The van der Waals surface area contributed by atoms with Crippen molar-refractivity contribution in [2.45, 2.75) is 82.5 Å². The number of likely N-dealkylation sites (tertiary alicyclic amines) is 1. The van der Waals surface area contributed by atoms with Gasteiger partial charge in [-0.3, -0.25) is 9.80 Å². The van der Waals surface area contributed by atoms with E-state index < -0.39 is 0 Å². The van der Waals surface area contributed by atoms with Crippen LogP contribution in [-0.2, 0) is 0 Å². The quantitative estimate of drug-likeness (QED) is 0.417. The van der Waals surface area contributed by atoms with E-state index in [4.69, 9.17) is 5.73 Å². The number of nitrogens with two attached hydrogens (primary N) is 1. The number of rotatable bonds is 14. The van der Waals surface area contributed by atoms with Crippen LogP contribution in [0.1, 0.15) is 64.2 Å². The van der Waals surface area contributed by atoms with Gasteiger partial charge in [-0.1, -0.05) is 12.8 Å². The molecule has 6 nitrogen and oxygen atoms in total. The summed E-state index contributed by atoms with van der Waals surface area (Å²) in [5.74, 6) is 0. The van der Waals surface area contributed by atoms with Crippen LogP contribution in [0.3, 0.4) is 0 Å². The molecule has 3 N–H and O–H groups in total. The first kappa shape index (κ1) is 26.0. The Morgan fingerprint density at radius 1 is 0.800 bits per heavy atom. The Labute approximate surface area is 187 Å². The van der Waals surface area contributed by atoms with Gasteiger partial charge in [0.15, 0.2) is 0 Å². The van der Waals surface area contributed by atoms with Gasteiger partial charge in [-0.25, -0.2) is 0 Å². The van der Waals surface area contributed by atoms with Crippen molar-refractivity contribution in [1.82, 2.24) is 24.9 Å². The van der Waals surface area contributed by atoms with Crippen LogP contribution in [0.25, 0.3) is 0 Å². The lowest BCUT2D eigenvalue weighted by Crippen LogP contribution is -2.59. The van der Waals surface area contributed by atoms with Crippen LogP contribution in [0.5, 0.6) is 0 Å². The molecule has 0 radical (unpaired) electrons. The molecule has 2 heterocycles. The third-order valence-electron chi connectivity index (χ3n) is 6.95. The predicted octanol–water partition coefficient (Wildman–Crippen LogP) is 2.25. The van der Waals surface area contributed by atoms with E-state index in [0.717, 1.165) is 18.9 Å². The molecule has 2 rings (SSSR count). The van der Waals surface area contributed by atoms with Gasteiger partial charge in [0.1, 0.15) is 0 Å². The highest BCUT2D eigenvalue weighted by Crippen LogP contribution is 2.26. The largest absolute Gasteiger partial charge is 0.328 e. The second kappa shape index (κ2) is 14.8. The van der Waals surface area contributed by atoms with E-state index in [-0.39, 0.29) is 0 Å². The number of nitrogens with one attached hydrogen (secondary N) is 1. The van der Waals surface area contributed by atoms with Crippen molar-refractivity contribution in [1.29, 1.82) is 0 Å². The Balaban J connectivity index is 1.92. The lowest BCUT2D eigenvalue weighted by molar-refractivity contribution is -0.0271. The molecular formula is C24H52N6. The molecule has 0 saturated carbocycles. The number of piperidine rings is 2. The van der Waals surface area contributed by atoms with Crippen LogP contribution in [0, 0.1) is 0 Å². The number of hydrogen-bond acceptors (Lipinski definition) is 6. The van der Waals surface area contributed by atoms with Gasteiger partial charge in [0, 0.05) is 18.6 Å². The Bertz CT molecular complexity index is 424. The molecule has 2 unspecified atom stereocenters. The molecule has 0 bridgehead atoms. The summed E-state index contributed by atoms with van der Waals surface area (Å²) in [6.45, 7) is 8.43. The molecule has 0 spiro atoms. The summed E-state index contributed by atoms with van der Waals surface area (Å²) >= 11 is 0. The lowest BCUT2D eigenvalue weighted by Gasteiger charge is -2.48. The molecule has 2 fully saturated rings. The summed E-state index contributed by atoms with van der Waals surface area (Å²) in [5, 5.41) is 3.56. The molecule has 0 aromatic heterocycles. The zero-order valence-corrected chi connectivity index (χ0v) is 20.6. The molecule has 0 aromatic rings. The van der Waals surface area contributed by atoms with E-state index >= 15 is 0 Å². The third-order valence-corrected chi connectivity index (χ3v) is 6.95. The Kier molecular flexibility index (Phi) is 12.8. The maximum absolute atomic E-state index is 6.50. The Morgan fingerprint density at radius 3 is 2.03 bits per heavy atom. The van der Waals surface area contributed by atoms with Crippen molar-refractivity contribution in [3.8, 4) is 0 Å². The summed E-state index contributed by atoms with van der Waals surface area (Å²) in [7, 11) is 8.72. The van der Waals surface area contributed by atoms with Gasteiger partial charge < -0.3 is 20.9 Å². The number of hydrogen-bond donors (Lipinski definition) is 2. The van der Waals surface area contributed by atoms with Gasteiger partial charge in [-0.05, 0) is 119 Å². The van der Waals surface area contributed by atoms with Crippen LogP contribution in [0.15, 0.2) is 0 Å². The number of unbranched alkanes of at least 4 members (excludes halogenated alkanes) is 4. The maximum atomic E-state index is 6.50. The van der Waals surface area contributed by atoms with Gasteiger partial charge >= 0.3 is 0 Å². The van der Waals surface area contributed by atoms with Gasteiger partial charge in [0.2, 0.25) is 0 Å². The van der Waals surface area contributed by atoms with Crippen molar-refractivity contribution in [2.75, 3.05) is 74.0 Å². The van der Waals surface area contributed by atoms with E-state index in [1.807, 2.05) is 0 Å². The highest BCUT2D eigenvalue weighted by molar-refractivity contribution is 4.89. The minimum Gasteiger partial charge on any atom is -0.328 e. The highest BCUT2D eigenvalue weighted by Gasteiger charge is 2.34. The zero-order valence-electron chi connectivity index (χ0n) is 20.6. The second-order valence-electron chi connectivity index (χ2n) is 10.2. The van der Waals surface area contributed by atoms with Gasteiger partial charge in [0.25, 0.3) is 0 Å². The summed E-state index contributed by atoms with van der Waals surface area (Å²) in [5.41, 5.74) is 6.50. The first-order valence-electron chi connectivity index (χ1n) is 12.7. The maximum Gasteiger partial charge on any atom is 0.0639 e. The van der Waals surface area contributed by atoms with Crippen molar-refractivity contribution >= 4 is 0 Å². The SMILES string of the molecule is CN(C)CCCCCN1CCC(N)CC1N(CCCCCN(C)C)C1CCNCC1. The summed E-state index contributed by atoms with van der Waals surface area (Å²) in [6.07, 6.45) is 13.4. The molecule has 0 aliphatic carbocycles. The fraction of sp³-hybridized carbons (Fsp3) is 1.00. The fourth-order valence-corrected chi connectivity index (χ4v) is 5.16. The van der Waals surface area contributed by atoms with Crippen LogP contribution in [-0.4, -0.2) is 112 Å². The Hall–Kier alpha value is -0.240. The molecule has 2 aliphatic rings. The molecule has 0 aromatic carbocycles. The molecule has 2 atom stereocenters. The summed E-state index contributed by atoms with van der Waals surface area (Å²) in [6, 6.07) is 1.10. The molecule has 2 saturated heterocycles. The van der Waals surface area contributed by atoms with Gasteiger partial charge in [0.05, 0.1) is 6.17 Å². The highest BCUT2D eigenvalue weighted by atomic mass is 15.4. The average Bonchev–Trinajstić information content (AvgIpc) is 2.71. The average molecular weight is 425 g/mol. The number of nitrogens with zero attached hydrogens (tertiary/aromatic N) is 4. The molecule has 0 amide bonds. The van der Waals surface area contributed by atoms with Gasteiger partial charge in [-0.15, -0.1) is 0 Å². The van der Waals surface area contributed by atoms with Crippen molar-refractivity contribution < 1.29 is 0 Å². The minimum absolute atomic E-state index is 0.373. The summed E-state index contributed by atoms with van der Waals surface area (Å²) in [4.78, 5) is 10.3. The van der Waals surface area contributed by atoms with E-state index in [9.17, 15) is 0 Å². The molecule has 30 heavy (non-hydrogen) atoms. The molecule has 2 aliphatic heterocycles. The van der Waals surface area contributed by atoms with E-state index in [2.05, 4.69) is 53.1 Å². The summed E-state index contributed by atoms with van der Waals surface area (Å²) < 4.78 is 0. The lowest BCUT2D eigenvalue weighted by atomic mass is 9.96. The van der Waals surface area contributed by atoms with E-state index in [1.54, 1.807) is 0 Å². The normalized spacial score (nSPS) is 24.4. The molecular weight excluding hydrogens is 372 g/mol. The second-order valence-corrected chi connectivity index (χ2v) is 10.2. The van der Waals surface area contributed by atoms with Crippen LogP contribution in [0.2, 0.25) is 0 Å². The van der Waals surface area contributed by atoms with E-state index in [1.165, 1.54) is 97.2 Å². The standard InChI is InChI=1S/C24H52N6/c1-27(2)16-7-5-9-18-29-20-13-22(25)21-24(29)30(23-11-14-26-15-12-23)19-10-6-8-17-28(3)4/h22-24,26H,5-21,25H2,1-4H3. The smallest absolute Gasteiger partial charge is 0.0639 e. The van der Waals surface area contributed by atoms with Crippen molar-refractivity contribution in [2.24, 2.45) is 5.73 Å². The third kappa shape index (κ3) is 9.92. The molecule has 6 heteroatoms. The van der Waals surface area contributed by atoms with E-state index in [0.29, 0.717) is 12.2 Å². The van der Waals surface area contributed by atoms with Crippen LogP contribution in [0.4, 0.5) is 0 Å². The predicted molar refractivity (Wildman–Crippen MR) is 130 cm³/mol. The van der Waals surface area contributed by atoms with Crippen LogP contribution >= 0.6 is 0 Å². The topological polar surface area (TPSA) is 51.0 Å². The molecule has 178 valence electrons. The zero-order chi connectivity index (χ0) is 21.8. The van der Waals surface area contributed by atoms with Crippen LogP contribution < -0.4 is 11.1 Å².